The van der Waals surface area contributed by atoms with E-state index in [4.69, 9.17) is 4.74 Å². The minimum Gasteiger partial charge on any atom is -0.428 e. The Morgan fingerprint density at radius 2 is 1.67 bits per heavy atom. The van der Waals surface area contributed by atoms with Gasteiger partial charge in [-0.15, -0.1) is 0 Å². The van der Waals surface area contributed by atoms with Gasteiger partial charge in [0.1, 0.15) is 0 Å². The SMILES string of the molecule is CCCC(=O)OCOC(=O)C(C)(C)C.[Ti]. The summed E-state index contributed by atoms with van der Waals surface area (Å²) in [5, 5.41) is 0. The molecule has 0 aromatic heterocycles. The molecule has 0 fully saturated rings. The van der Waals surface area contributed by atoms with Gasteiger partial charge < -0.3 is 9.47 Å². The molecule has 0 aromatic carbocycles. The molecule has 0 aliphatic carbocycles. The maximum atomic E-state index is 11.2. The van der Waals surface area contributed by atoms with Gasteiger partial charge in [0, 0.05) is 28.1 Å². The molecule has 0 aliphatic rings. The van der Waals surface area contributed by atoms with Gasteiger partial charge in [-0.2, -0.15) is 0 Å². The maximum Gasteiger partial charge on any atom is 0.314 e. The second-order valence-electron chi connectivity index (χ2n) is 4.07. The fraction of sp³-hybridized carbons (Fsp3) is 0.800. The molecule has 0 bridgehead atoms. The minimum absolute atomic E-state index is 0. The zero-order valence-electron chi connectivity index (χ0n) is 9.75. The van der Waals surface area contributed by atoms with Crippen molar-refractivity contribution in [2.45, 2.75) is 40.5 Å². The molecule has 0 saturated heterocycles. The zero-order valence-corrected chi connectivity index (χ0v) is 11.3. The molecule has 86 valence electrons. The largest absolute Gasteiger partial charge is 0.428 e. The summed E-state index contributed by atoms with van der Waals surface area (Å²) in [6.07, 6.45) is 1.08. The van der Waals surface area contributed by atoms with Crippen LogP contribution in [-0.2, 0) is 40.8 Å². The van der Waals surface area contributed by atoms with E-state index >= 15 is 0 Å². The van der Waals surface area contributed by atoms with Gasteiger partial charge in [0.15, 0.2) is 0 Å². The summed E-state index contributed by atoms with van der Waals surface area (Å²) in [4.78, 5) is 22.1. The van der Waals surface area contributed by atoms with E-state index in [1.807, 2.05) is 6.92 Å². The number of hydrogen-bond acceptors (Lipinski definition) is 4. The topological polar surface area (TPSA) is 52.6 Å². The Kier molecular flexibility index (Phi) is 8.97. The smallest absolute Gasteiger partial charge is 0.314 e. The van der Waals surface area contributed by atoms with Crippen LogP contribution in [0.4, 0.5) is 0 Å². The standard InChI is InChI=1S/C10H18O4.Ti/c1-5-6-8(11)13-7-14-9(12)10(2,3)4;/h5-7H2,1-4H3;. The van der Waals surface area contributed by atoms with Crippen LogP contribution >= 0.6 is 0 Å². The summed E-state index contributed by atoms with van der Waals surface area (Å²) in [5.74, 6) is -0.712. The number of hydrogen-bond donors (Lipinski definition) is 0. The Labute approximate surface area is 106 Å². The third kappa shape index (κ3) is 8.64. The molecule has 5 heteroatoms. The molecule has 0 unspecified atom stereocenters. The van der Waals surface area contributed by atoms with Crippen molar-refractivity contribution in [3.05, 3.63) is 0 Å². The summed E-state index contributed by atoms with van der Waals surface area (Å²) >= 11 is 0. The van der Waals surface area contributed by atoms with E-state index in [9.17, 15) is 9.59 Å². The van der Waals surface area contributed by atoms with Crippen LogP contribution in [-0.4, -0.2) is 18.7 Å². The van der Waals surface area contributed by atoms with Crippen molar-refractivity contribution in [2.24, 2.45) is 5.41 Å². The van der Waals surface area contributed by atoms with Crippen LogP contribution in [0.25, 0.3) is 0 Å². The quantitative estimate of drug-likeness (QED) is 0.434. The first kappa shape index (κ1) is 17.1. The first-order valence-corrected chi connectivity index (χ1v) is 4.70. The molecule has 0 heterocycles. The van der Waals surface area contributed by atoms with Crippen molar-refractivity contribution in [3.8, 4) is 0 Å². The average molecular weight is 250 g/mol. The Bertz CT molecular complexity index is 208. The summed E-state index contributed by atoms with van der Waals surface area (Å²) in [5.41, 5.74) is -0.558. The van der Waals surface area contributed by atoms with E-state index in [-0.39, 0.29) is 40.4 Å². The van der Waals surface area contributed by atoms with Crippen molar-refractivity contribution in [1.82, 2.24) is 0 Å². The van der Waals surface area contributed by atoms with Gasteiger partial charge in [0.05, 0.1) is 5.41 Å². The van der Waals surface area contributed by atoms with Gasteiger partial charge in [0.2, 0.25) is 6.79 Å². The van der Waals surface area contributed by atoms with Gasteiger partial charge in [-0.05, 0) is 27.2 Å². The number of rotatable bonds is 4. The molecule has 0 spiro atoms. The molecule has 0 rings (SSSR count). The first-order chi connectivity index (χ1) is 6.38. The molecule has 0 amide bonds. The summed E-state index contributed by atoms with van der Waals surface area (Å²) in [7, 11) is 0. The summed E-state index contributed by atoms with van der Waals surface area (Å²) in [6, 6.07) is 0. The zero-order chi connectivity index (χ0) is 11.2. The van der Waals surface area contributed by atoms with Gasteiger partial charge in [-0.1, -0.05) is 6.92 Å². The molecule has 0 N–H and O–H groups in total. The van der Waals surface area contributed by atoms with Crippen LogP contribution in [0, 0.1) is 5.41 Å². The molecule has 0 aliphatic heterocycles. The summed E-state index contributed by atoms with van der Waals surface area (Å²) in [6.45, 7) is 6.81. The second kappa shape index (κ2) is 7.88. The Morgan fingerprint density at radius 3 is 2.07 bits per heavy atom. The molecule has 0 saturated carbocycles. The van der Waals surface area contributed by atoms with E-state index in [0.29, 0.717) is 6.42 Å². The van der Waals surface area contributed by atoms with E-state index < -0.39 is 5.41 Å². The molecule has 0 radical (unpaired) electrons. The maximum absolute atomic E-state index is 11.2. The fourth-order valence-electron chi connectivity index (χ4n) is 0.642. The third-order valence-electron chi connectivity index (χ3n) is 1.48. The second-order valence-corrected chi connectivity index (χ2v) is 4.07. The van der Waals surface area contributed by atoms with Crippen LogP contribution in [0.5, 0.6) is 0 Å². The van der Waals surface area contributed by atoms with E-state index in [1.54, 1.807) is 20.8 Å². The normalized spacial score (nSPS) is 10.1. The van der Waals surface area contributed by atoms with Crippen molar-refractivity contribution in [1.29, 1.82) is 0 Å². The van der Waals surface area contributed by atoms with Gasteiger partial charge in [-0.3, -0.25) is 9.59 Å². The Morgan fingerprint density at radius 1 is 1.13 bits per heavy atom. The van der Waals surface area contributed by atoms with Gasteiger partial charge >= 0.3 is 11.9 Å². The average Bonchev–Trinajstić information content (AvgIpc) is 2.02. The van der Waals surface area contributed by atoms with Crippen LogP contribution in [0.1, 0.15) is 40.5 Å². The molecule has 0 atom stereocenters. The Balaban J connectivity index is 0. The fourth-order valence-corrected chi connectivity index (χ4v) is 0.642. The molecule has 4 nitrogen and oxygen atoms in total. The number of esters is 2. The van der Waals surface area contributed by atoms with E-state index in [1.165, 1.54) is 0 Å². The van der Waals surface area contributed by atoms with Crippen LogP contribution in [0.3, 0.4) is 0 Å². The third-order valence-corrected chi connectivity index (χ3v) is 1.48. The van der Waals surface area contributed by atoms with E-state index in [0.717, 1.165) is 6.42 Å². The molecule has 0 aromatic rings. The Hall–Kier alpha value is -0.346. The van der Waals surface area contributed by atoms with Crippen molar-refractivity contribution < 1.29 is 40.8 Å². The molecular formula is C10H18O4Ti. The number of carbonyl (C=O) groups is 2. The first-order valence-electron chi connectivity index (χ1n) is 4.70. The predicted octanol–water partition coefficient (Wildman–Crippen LogP) is 1.87. The summed E-state index contributed by atoms with van der Waals surface area (Å²) < 4.78 is 9.41. The monoisotopic (exact) mass is 250 g/mol. The van der Waals surface area contributed by atoms with Gasteiger partial charge in [0.25, 0.3) is 0 Å². The predicted molar refractivity (Wildman–Crippen MR) is 51.4 cm³/mol. The van der Waals surface area contributed by atoms with Crippen LogP contribution < -0.4 is 0 Å². The van der Waals surface area contributed by atoms with Crippen molar-refractivity contribution in [2.75, 3.05) is 6.79 Å². The number of ether oxygens (including phenoxy) is 2. The van der Waals surface area contributed by atoms with Crippen LogP contribution in [0.15, 0.2) is 0 Å². The molecular weight excluding hydrogens is 232 g/mol. The van der Waals surface area contributed by atoms with Crippen LogP contribution in [0.2, 0.25) is 0 Å². The van der Waals surface area contributed by atoms with Crippen molar-refractivity contribution in [3.63, 3.8) is 0 Å². The van der Waals surface area contributed by atoms with Gasteiger partial charge in [-0.25, -0.2) is 0 Å². The van der Waals surface area contributed by atoms with E-state index in [2.05, 4.69) is 4.74 Å². The number of carbonyl (C=O) groups excluding carboxylic acids is 2. The molecule has 15 heavy (non-hydrogen) atoms. The van der Waals surface area contributed by atoms with Crippen molar-refractivity contribution >= 4 is 11.9 Å². The minimum atomic E-state index is -0.558.